The Bertz CT molecular complexity index is 737. The van der Waals surface area contributed by atoms with Gasteiger partial charge in [-0.25, -0.2) is 4.79 Å². The Morgan fingerprint density at radius 2 is 1.81 bits per heavy atom. The number of aliphatic hydroxyl groups is 1. The highest BCUT2D eigenvalue weighted by atomic mass is 16.7. The van der Waals surface area contributed by atoms with Crippen LogP contribution in [0.5, 0.6) is 5.75 Å². The summed E-state index contributed by atoms with van der Waals surface area (Å²) in [7, 11) is 0. The first-order chi connectivity index (χ1) is 13.1. The second kappa shape index (κ2) is 9.50. The van der Waals surface area contributed by atoms with Gasteiger partial charge >= 0.3 is 5.97 Å². The van der Waals surface area contributed by atoms with Crippen molar-refractivity contribution in [3.63, 3.8) is 0 Å². The topological polar surface area (TPSA) is 85.2 Å². The molecule has 0 unspecified atom stereocenters. The molecule has 0 amide bonds. The third kappa shape index (κ3) is 5.53. The summed E-state index contributed by atoms with van der Waals surface area (Å²) in [6.45, 7) is 1.99. The fraction of sp³-hybridized carbons (Fsp3) is 0.381. The van der Waals surface area contributed by atoms with Crippen molar-refractivity contribution in [2.75, 3.05) is 19.8 Å². The standard InChI is InChI=1S/C21H24O6/c22-20(21(23)24)16-9-7-15(8-10-16)17-4-3-5-18(14-17)25-11-2-1-6-19-26-12-13-27-19/h3-5,7-10,14,19-20,22H,1-2,6,11-13H2,(H,23,24)/t20-/m0/s1. The minimum absolute atomic E-state index is 0.0593. The molecule has 0 aliphatic carbocycles. The number of unbranched alkanes of at least 4 members (excludes halogenated alkanes) is 1. The van der Waals surface area contributed by atoms with Gasteiger partial charge < -0.3 is 24.4 Å². The van der Waals surface area contributed by atoms with Crippen LogP contribution in [0.3, 0.4) is 0 Å². The van der Waals surface area contributed by atoms with E-state index in [9.17, 15) is 9.90 Å². The van der Waals surface area contributed by atoms with E-state index in [-0.39, 0.29) is 6.29 Å². The van der Waals surface area contributed by atoms with Crippen LogP contribution in [0.4, 0.5) is 0 Å². The van der Waals surface area contributed by atoms with E-state index in [1.807, 2.05) is 24.3 Å². The number of carboxylic acid groups (broad SMARTS) is 1. The van der Waals surface area contributed by atoms with E-state index in [0.29, 0.717) is 25.4 Å². The Labute approximate surface area is 158 Å². The maximum atomic E-state index is 10.8. The van der Waals surface area contributed by atoms with Gasteiger partial charge in [0.25, 0.3) is 0 Å². The molecule has 6 heteroatoms. The summed E-state index contributed by atoms with van der Waals surface area (Å²) in [5, 5.41) is 18.4. The average Bonchev–Trinajstić information content (AvgIpc) is 3.21. The first-order valence-electron chi connectivity index (χ1n) is 9.11. The van der Waals surface area contributed by atoms with Gasteiger partial charge in [0.2, 0.25) is 0 Å². The Balaban J connectivity index is 1.51. The van der Waals surface area contributed by atoms with E-state index < -0.39 is 12.1 Å². The zero-order valence-electron chi connectivity index (χ0n) is 15.0. The molecule has 1 aliphatic heterocycles. The molecular weight excluding hydrogens is 348 g/mol. The molecule has 3 rings (SSSR count). The lowest BCUT2D eigenvalue weighted by molar-refractivity contribution is -0.146. The quantitative estimate of drug-likeness (QED) is 0.656. The lowest BCUT2D eigenvalue weighted by Gasteiger charge is -2.11. The summed E-state index contributed by atoms with van der Waals surface area (Å²) in [5.74, 6) is -0.472. The molecule has 2 N–H and O–H groups in total. The summed E-state index contributed by atoms with van der Waals surface area (Å²) in [5.41, 5.74) is 2.25. The summed E-state index contributed by atoms with van der Waals surface area (Å²) in [4.78, 5) is 10.8. The Morgan fingerprint density at radius 3 is 2.52 bits per heavy atom. The molecule has 1 atom stereocenters. The van der Waals surface area contributed by atoms with Gasteiger partial charge in [0.15, 0.2) is 12.4 Å². The molecule has 0 radical (unpaired) electrons. The SMILES string of the molecule is O=C(O)[C@@H](O)c1ccc(-c2cccc(OCCCCC3OCCO3)c2)cc1. The Kier molecular flexibility index (Phi) is 6.81. The number of aliphatic hydroxyl groups excluding tert-OH is 1. The normalized spacial score (nSPS) is 15.6. The Hall–Kier alpha value is -2.41. The molecule has 6 nitrogen and oxygen atoms in total. The second-order valence-electron chi connectivity index (χ2n) is 6.41. The van der Waals surface area contributed by atoms with Crippen LogP contribution < -0.4 is 4.74 Å². The molecule has 1 saturated heterocycles. The first-order valence-corrected chi connectivity index (χ1v) is 9.11. The van der Waals surface area contributed by atoms with Crippen LogP contribution >= 0.6 is 0 Å². The maximum Gasteiger partial charge on any atom is 0.337 e. The van der Waals surface area contributed by atoms with Crippen molar-refractivity contribution in [2.24, 2.45) is 0 Å². The molecule has 2 aromatic carbocycles. The number of hydrogen-bond donors (Lipinski definition) is 2. The zero-order valence-corrected chi connectivity index (χ0v) is 15.0. The largest absolute Gasteiger partial charge is 0.494 e. The van der Waals surface area contributed by atoms with Crippen LogP contribution in [0.15, 0.2) is 48.5 Å². The average molecular weight is 372 g/mol. The van der Waals surface area contributed by atoms with Gasteiger partial charge in [-0.05, 0) is 48.1 Å². The molecule has 2 aromatic rings. The lowest BCUT2D eigenvalue weighted by atomic mass is 10.0. The highest BCUT2D eigenvalue weighted by molar-refractivity contribution is 5.74. The molecule has 1 heterocycles. The van der Waals surface area contributed by atoms with Crippen molar-refractivity contribution < 1.29 is 29.2 Å². The predicted octanol–water partition coefficient (Wildman–Crippen LogP) is 3.39. The van der Waals surface area contributed by atoms with Crippen molar-refractivity contribution in [2.45, 2.75) is 31.7 Å². The van der Waals surface area contributed by atoms with E-state index in [4.69, 9.17) is 19.3 Å². The minimum Gasteiger partial charge on any atom is -0.494 e. The van der Waals surface area contributed by atoms with Crippen molar-refractivity contribution >= 4 is 5.97 Å². The van der Waals surface area contributed by atoms with Crippen LogP contribution in [-0.2, 0) is 14.3 Å². The monoisotopic (exact) mass is 372 g/mol. The highest BCUT2D eigenvalue weighted by Gasteiger charge is 2.16. The van der Waals surface area contributed by atoms with E-state index >= 15 is 0 Å². The lowest BCUT2D eigenvalue weighted by Crippen LogP contribution is -2.10. The smallest absolute Gasteiger partial charge is 0.337 e. The van der Waals surface area contributed by atoms with E-state index in [2.05, 4.69) is 0 Å². The highest BCUT2D eigenvalue weighted by Crippen LogP contribution is 2.26. The third-order valence-electron chi connectivity index (χ3n) is 4.42. The van der Waals surface area contributed by atoms with Crippen molar-refractivity contribution in [1.29, 1.82) is 0 Å². The summed E-state index contributed by atoms with van der Waals surface area (Å²) in [6.07, 6.45) is 1.23. The molecule has 1 aliphatic rings. The zero-order chi connectivity index (χ0) is 19.1. The van der Waals surface area contributed by atoms with Crippen LogP contribution in [0, 0.1) is 0 Å². The van der Waals surface area contributed by atoms with E-state index in [1.165, 1.54) is 0 Å². The maximum absolute atomic E-state index is 10.8. The van der Waals surface area contributed by atoms with Gasteiger partial charge in [0.1, 0.15) is 5.75 Å². The summed E-state index contributed by atoms with van der Waals surface area (Å²) >= 11 is 0. The minimum atomic E-state index is -1.51. The van der Waals surface area contributed by atoms with Gasteiger partial charge in [0, 0.05) is 0 Å². The van der Waals surface area contributed by atoms with Gasteiger partial charge in [-0.1, -0.05) is 36.4 Å². The van der Waals surface area contributed by atoms with Crippen molar-refractivity contribution in [3.05, 3.63) is 54.1 Å². The number of carboxylic acids is 1. The van der Waals surface area contributed by atoms with E-state index in [0.717, 1.165) is 36.1 Å². The number of carbonyl (C=O) groups is 1. The fourth-order valence-corrected chi connectivity index (χ4v) is 2.94. The van der Waals surface area contributed by atoms with Gasteiger partial charge in [0.05, 0.1) is 19.8 Å². The van der Waals surface area contributed by atoms with Crippen LogP contribution in [0.1, 0.15) is 30.9 Å². The number of hydrogen-bond acceptors (Lipinski definition) is 5. The number of rotatable bonds is 9. The summed E-state index contributed by atoms with van der Waals surface area (Å²) < 4.78 is 16.6. The predicted molar refractivity (Wildman–Crippen MR) is 99.5 cm³/mol. The van der Waals surface area contributed by atoms with Crippen LogP contribution in [0.2, 0.25) is 0 Å². The first kappa shape index (κ1) is 19.4. The van der Waals surface area contributed by atoms with Gasteiger partial charge in [-0.3, -0.25) is 0 Å². The molecule has 144 valence electrons. The molecule has 0 bridgehead atoms. The van der Waals surface area contributed by atoms with E-state index in [1.54, 1.807) is 24.3 Å². The van der Waals surface area contributed by atoms with Crippen molar-refractivity contribution in [3.8, 4) is 16.9 Å². The Morgan fingerprint density at radius 1 is 1.07 bits per heavy atom. The fourth-order valence-electron chi connectivity index (χ4n) is 2.94. The van der Waals surface area contributed by atoms with Crippen LogP contribution in [0.25, 0.3) is 11.1 Å². The third-order valence-corrected chi connectivity index (χ3v) is 4.42. The van der Waals surface area contributed by atoms with Crippen molar-refractivity contribution in [1.82, 2.24) is 0 Å². The molecule has 27 heavy (non-hydrogen) atoms. The summed E-state index contributed by atoms with van der Waals surface area (Å²) in [6, 6.07) is 14.6. The molecule has 0 aromatic heterocycles. The number of aliphatic carboxylic acids is 1. The van der Waals surface area contributed by atoms with Crippen LogP contribution in [-0.4, -0.2) is 42.3 Å². The molecular formula is C21H24O6. The molecule has 0 saturated carbocycles. The second-order valence-corrected chi connectivity index (χ2v) is 6.41. The molecule has 0 spiro atoms. The van der Waals surface area contributed by atoms with Gasteiger partial charge in [-0.15, -0.1) is 0 Å². The molecule has 1 fully saturated rings. The van der Waals surface area contributed by atoms with Gasteiger partial charge in [-0.2, -0.15) is 0 Å². The number of benzene rings is 2. The number of ether oxygens (including phenoxy) is 3.